The summed E-state index contributed by atoms with van der Waals surface area (Å²) in [5, 5.41) is 9.35. The molecule has 0 atom stereocenters. The van der Waals surface area contributed by atoms with Crippen LogP contribution >= 0.6 is 0 Å². The first-order chi connectivity index (χ1) is 11.4. The lowest BCUT2D eigenvalue weighted by Gasteiger charge is -2.32. The molecule has 0 bridgehead atoms. The smallest absolute Gasteiger partial charge is 0.336 e. The molecule has 0 saturated heterocycles. The minimum atomic E-state index is -3.20. The zero-order valence-corrected chi connectivity index (χ0v) is 14.2. The summed E-state index contributed by atoms with van der Waals surface area (Å²) in [5.41, 5.74) is 3.19. The number of sulfone groups is 1. The minimum Gasteiger partial charge on any atom is -0.478 e. The van der Waals surface area contributed by atoms with Gasteiger partial charge in [0, 0.05) is 25.0 Å². The minimum absolute atomic E-state index is 0.304. The van der Waals surface area contributed by atoms with Crippen LogP contribution < -0.4 is 4.90 Å². The molecule has 126 valence electrons. The third-order valence-corrected chi connectivity index (χ3v) is 5.43. The highest BCUT2D eigenvalue weighted by Gasteiger charge is 2.22. The van der Waals surface area contributed by atoms with Gasteiger partial charge in [0.25, 0.3) is 0 Å². The summed E-state index contributed by atoms with van der Waals surface area (Å²) in [6.07, 6.45) is 2.86. The number of carbonyl (C=O) groups is 1. The van der Waals surface area contributed by atoms with Gasteiger partial charge in [0.2, 0.25) is 0 Å². The number of anilines is 1. The van der Waals surface area contributed by atoms with Crippen LogP contribution in [0.15, 0.2) is 47.4 Å². The Labute approximate surface area is 141 Å². The average Bonchev–Trinajstić information content (AvgIpc) is 2.54. The van der Waals surface area contributed by atoms with E-state index in [1.54, 1.807) is 24.3 Å². The van der Waals surface area contributed by atoms with Gasteiger partial charge in [-0.3, -0.25) is 0 Å². The molecule has 5 nitrogen and oxygen atoms in total. The monoisotopic (exact) mass is 345 g/mol. The molecular weight excluding hydrogens is 326 g/mol. The summed E-state index contributed by atoms with van der Waals surface area (Å²) in [6.45, 7) is 1.48. The van der Waals surface area contributed by atoms with Crippen LogP contribution in [0.4, 0.5) is 5.69 Å². The van der Waals surface area contributed by atoms with Crippen LogP contribution in [0.25, 0.3) is 0 Å². The predicted octanol–water partition coefficient (Wildman–Crippen LogP) is 2.74. The summed E-state index contributed by atoms with van der Waals surface area (Å²) in [4.78, 5) is 13.9. The van der Waals surface area contributed by atoms with E-state index in [2.05, 4.69) is 4.90 Å². The molecule has 0 aromatic heterocycles. The van der Waals surface area contributed by atoms with Gasteiger partial charge in [0.1, 0.15) is 0 Å². The van der Waals surface area contributed by atoms with Crippen molar-refractivity contribution in [3.8, 4) is 0 Å². The van der Waals surface area contributed by atoms with E-state index >= 15 is 0 Å². The van der Waals surface area contributed by atoms with Gasteiger partial charge < -0.3 is 10.0 Å². The maximum atomic E-state index is 11.5. The molecule has 1 heterocycles. The summed E-state index contributed by atoms with van der Waals surface area (Å²) >= 11 is 0. The van der Waals surface area contributed by atoms with Crippen LogP contribution in [0.2, 0.25) is 0 Å². The van der Waals surface area contributed by atoms with Crippen molar-refractivity contribution in [2.75, 3.05) is 17.7 Å². The van der Waals surface area contributed by atoms with Crippen molar-refractivity contribution in [3.05, 3.63) is 59.2 Å². The van der Waals surface area contributed by atoms with Crippen molar-refractivity contribution in [2.24, 2.45) is 0 Å². The molecule has 2 aromatic carbocycles. The number of aromatic carboxylic acids is 1. The Bertz CT molecular complexity index is 872. The lowest BCUT2D eigenvalue weighted by molar-refractivity contribution is 0.0695. The van der Waals surface area contributed by atoms with E-state index in [9.17, 15) is 18.3 Å². The molecule has 0 spiro atoms. The third kappa shape index (κ3) is 3.28. The molecule has 24 heavy (non-hydrogen) atoms. The number of rotatable bonds is 4. The second-order valence-electron chi connectivity index (χ2n) is 6.05. The van der Waals surface area contributed by atoms with Crippen molar-refractivity contribution < 1.29 is 18.3 Å². The SMILES string of the molecule is CS(=O)(=O)c1ccc(CN2CCCc3c(C(=O)O)cccc32)cc1. The zero-order valence-electron chi connectivity index (χ0n) is 13.4. The molecule has 1 N–H and O–H groups in total. The number of hydrogen-bond donors (Lipinski definition) is 1. The first kappa shape index (κ1) is 16.5. The molecule has 2 aromatic rings. The summed E-state index contributed by atoms with van der Waals surface area (Å²) in [6, 6.07) is 12.2. The topological polar surface area (TPSA) is 74.7 Å². The molecule has 0 aliphatic carbocycles. The van der Waals surface area contributed by atoms with Crippen molar-refractivity contribution in [3.63, 3.8) is 0 Å². The Kier molecular flexibility index (Phi) is 4.32. The Morgan fingerprint density at radius 2 is 1.88 bits per heavy atom. The fourth-order valence-electron chi connectivity index (χ4n) is 3.13. The number of benzene rings is 2. The fraction of sp³-hybridized carbons (Fsp3) is 0.278. The van der Waals surface area contributed by atoms with Gasteiger partial charge in [-0.15, -0.1) is 0 Å². The molecule has 0 fully saturated rings. The largest absolute Gasteiger partial charge is 0.478 e. The molecular formula is C18H19NO4S. The van der Waals surface area contributed by atoms with E-state index in [4.69, 9.17) is 0 Å². The maximum absolute atomic E-state index is 11.5. The average molecular weight is 345 g/mol. The second kappa shape index (κ2) is 6.28. The molecule has 1 aliphatic rings. The Morgan fingerprint density at radius 3 is 2.50 bits per heavy atom. The second-order valence-corrected chi connectivity index (χ2v) is 8.07. The molecule has 0 unspecified atom stereocenters. The van der Waals surface area contributed by atoms with Gasteiger partial charge in [-0.2, -0.15) is 0 Å². The van der Waals surface area contributed by atoms with Crippen LogP contribution in [-0.2, 0) is 22.8 Å². The highest BCUT2D eigenvalue weighted by atomic mass is 32.2. The van der Waals surface area contributed by atoms with E-state index in [0.29, 0.717) is 17.0 Å². The first-order valence-electron chi connectivity index (χ1n) is 7.75. The molecule has 0 radical (unpaired) electrons. The molecule has 0 amide bonds. The van der Waals surface area contributed by atoms with Crippen LogP contribution in [-0.4, -0.2) is 32.3 Å². The van der Waals surface area contributed by atoms with E-state index < -0.39 is 15.8 Å². The van der Waals surface area contributed by atoms with Crippen molar-refractivity contribution in [2.45, 2.75) is 24.3 Å². The highest BCUT2D eigenvalue weighted by molar-refractivity contribution is 7.90. The van der Waals surface area contributed by atoms with Gasteiger partial charge >= 0.3 is 5.97 Å². The molecule has 3 rings (SSSR count). The lowest BCUT2D eigenvalue weighted by atomic mass is 9.96. The quantitative estimate of drug-likeness (QED) is 0.922. The normalized spacial score (nSPS) is 14.3. The molecule has 1 aliphatic heterocycles. The van der Waals surface area contributed by atoms with Gasteiger partial charge in [-0.05, 0) is 48.2 Å². The standard InChI is InChI=1S/C18H19NO4S/c1-24(22,23)14-9-7-13(8-10-14)12-19-11-3-5-15-16(18(20)21)4-2-6-17(15)19/h2,4,6-10H,3,5,11-12H2,1H3,(H,20,21). The predicted molar refractivity (Wildman–Crippen MR) is 92.3 cm³/mol. The van der Waals surface area contributed by atoms with Gasteiger partial charge in [0.05, 0.1) is 10.5 Å². The maximum Gasteiger partial charge on any atom is 0.336 e. The number of hydrogen-bond acceptors (Lipinski definition) is 4. The number of carboxylic acid groups (broad SMARTS) is 1. The van der Waals surface area contributed by atoms with Gasteiger partial charge in [-0.1, -0.05) is 18.2 Å². The zero-order chi connectivity index (χ0) is 17.3. The summed E-state index contributed by atoms with van der Waals surface area (Å²) in [7, 11) is -3.20. The van der Waals surface area contributed by atoms with Crippen molar-refractivity contribution >= 4 is 21.5 Å². The van der Waals surface area contributed by atoms with Crippen LogP contribution in [0.1, 0.15) is 27.9 Å². The molecule has 6 heteroatoms. The Morgan fingerprint density at radius 1 is 1.17 bits per heavy atom. The third-order valence-electron chi connectivity index (χ3n) is 4.30. The van der Waals surface area contributed by atoms with Crippen molar-refractivity contribution in [1.29, 1.82) is 0 Å². The van der Waals surface area contributed by atoms with Gasteiger partial charge in [-0.25, -0.2) is 13.2 Å². The Balaban J connectivity index is 1.88. The van der Waals surface area contributed by atoms with E-state index in [-0.39, 0.29) is 0 Å². The number of fused-ring (bicyclic) bond motifs is 1. The van der Waals surface area contributed by atoms with E-state index in [1.165, 1.54) is 6.26 Å². The summed E-state index contributed by atoms with van der Waals surface area (Å²) in [5.74, 6) is -0.897. The fourth-order valence-corrected chi connectivity index (χ4v) is 3.76. The van der Waals surface area contributed by atoms with Gasteiger partial charge in [0.15, 0.2) is 9.84 Å². The van der Waals surface area contributed by atoms with Crippen LogP contribution in [0, 0.1) is 0 Å². The van der Waals surface area contributed by atoms with E-state index in [0.717, 1.165) is 36.2 Å². The first-order valence-corrected chi connectivity index (χ1v) is 9.64. The van der Waals surface area contributed by atoms with Crippen molar-refractivity contribution in [1.82, 2.24) is 0 Å². The number of nitrogens with zero attached hydrogens (tertiary/aromatic N) is 1. The summed E-state index contributed by atoms with van der Waals surface area (Å²) < 4.78 is 23.1. The van der Waals surface area contributed by atoms with Crippen LogP contribution in [0.3, 0.4) is 0 Å². The van der Waals surface area contributed by atoms with E-state index in [1.807, 2.05) is 18.2 Å². The number of carboxylic acids is 1. The molecule has 0 saturated carbocycles. The Hall–Kier alpha value is -2.34. The lowest BCUT2D eigenvalue weighted by Crippen LogP contribution is -2.29. The highest BCUT2D eigenvalue weighted by Crippen LogP contribution is 2.31. The van der Waals surface area contributed by atoms with Crippen LogP contribution in [0.5, 0.6) is 0 Å².